The van der Waals surface area contributed by atoms with Crippen LogP contribution in [0.2, 0.25) is 0 Å². The number of hydrogen-bond acceptors (Lipinski definition) is 3. The Hall–Kier alpha value is -0.780. The van der Waals surface area contributed by atoms with Gasteiger partial charge in [0, 0.05) is 30.1 Å². The summed E-state index contributed by atoms with van der Waals surface area (Å²) in [5.74, 6) is -0.0819. The van der Waals surface area contributed by atoms with Gasteiger partial charge in [-0.2, -0.15) is 0 Å². The fraction of sp³-hybridized carbons (Fsp3) is 0.417. The minimum atomic E-state index is -0.114. The van der Waals surface area contributed by atoms with E-state index in [4.69, 9.17) is 0 Å². The van der Waals surface area contributed by atoms with E-state index in [2.05, 4.69) is 21.2 Å². The number of piperazine rings is 1. The van der Waals surface area contributed by atoms with Gasteiger partial charge in [0.05, 0.1) is 5.56 Å². The van der Waals surface area contributed by atoms with Crippen LogP contribution >= 0.6 is 28.3 Å². The van der Waals surface area contributed by atoms with Crippen molar-refractivity contribution in [1.82, 2.24) is 10.2 Å². The molecule has 2 rings (SSSR count). The predicted octanol–water partition coefficient (Wildman–Crippen LogP) is 2.01. The molecule has 0 radical (unpaired) electrons. The van der Waals surface area contributed by atoms with E-state index in [1.807, 2.05) is 6.92 Å². The summed E-state index contributed by atoms with van der Waals surface area (Å²) in [6.45, 7) is 4.18. The molecule has 1 heterocycles. The van der Waals surface area contributed by atoms with E-state index < -0.39 is 0 Å². The van der Waals surface area contributed by atoms with Crippen molar-refractivity contribution < 1.29 is 9.90 Å². The van der Waals surface area contributed by atoms with Gasteiger partial charge in [-0.15, -0.1) is 12.4 Å². The molecule has 18 heavy (non-hydrogen) atoms. The zero-order valence-electron chi connectivity index (χ0n) is 10.0. The molecule has 1 saturated heterocycles. The van der Waals surface area contributed by atoms with Crippen molar-refractivity contribution in [2.24, 2.45) is 0 Å². The number of nitrogens with one attached hydrogen (secondary N) is 1. The van der Waals surface area contributed by atoms with E-state index in [0.717, 1.165) is 11.0 Å². The van der Waals surface area contributed by atoms with Gasteiger partial charge in [0.1, 0.15) is 5.75 Å². The fourth-order valence-electron chi connectivity index (χ4n) is 1.97. The smallest absolute Gasteiger partial charge is 0.257 e. The molecule has 0 unspecified atom stereocenters. The van der Waals surface area contributed by atoms with E-state index in [0.29, 0.717) is 24.7 Å². The number of hydrogen-bond donors (Lipinski definition) is 2. The number of amides is 1. The number of benzene rings is 1. The molecular formula is C12H16BrClN2O2. The van der Waals surface area contributed by atoms with Crippen LogP contribution in [-0.4, -0.2) is 41.6 Å². The van der Waals surface area contributed by atoms with Gasteiger partial charge in [0.2, 0.25) is 0 Å². The largest absolute Gasteiger partial charge is 0.507 e. The highest BCUT2D eigenvalue weighted by Gasteiger charge is 2.23. The van der Waals surface area contributed by atoms with E-state index in [9.17, 15) is 9.90 Å². The van der Waals surface area contributed by atoms with Crippen LogP contribution < -0.4 is 5.32 Å². The molecular weight excluding hydrogens is 320 g/mol. The highest BCUT2D eigenvalue weighted by atomic mass is 79.9. The topological polar surface area (TPSA) is 52.6 Å². The van der Waals surface area contributed by atoms with E-state index in [1.54, 1.807) is 17.0 Å². The van der Waals surface area contributed by atoms with Crippen molar-refractivity contribution in [3.05, 3.63) is 28.2 Å². The van der Waals surface area contributed by atoms with E-state index >= 15 is 0 Å². The Morgan fingerprint density at radius 2 is 2.28 bits per heavy atom. The normalized spacial score (nSPS) is 19.2. The Morgan fingerprint density at radius 3 is 2.94 bits per heavy atom. The maximum absolute atomic E-state index is 12.2. The Kier molecular flexibility index (Phi) is 5.44. The Morgan fingerprint density at radius 1 is 1.56 bits per heavy atom. The lowest BCUT2D eigenvalue weighted by atomic mass is 10.1. The predicted molar refractivity (Wildman–Crippen MR) is 76.4 cm³/mol. The molecule has 1 aromatic rings. The molecule has 1 aliphatic heterocycles. The van der Waals surface area contributed by atoms with Crippen molar-refractivity contribution >= 4 is 34.2 Å². The number of nitrogens with zero attached hydrogens (tertiary/aromatic N) is 1. The first kappa shape index (κ1) is 15.3. The second-order valence-electron chi connectivity index (χ2n) is 4.27. The van der Waals surface area contributed by atoms with Gasteiger partial charge in [-0.25, -0.2) is 0 Å². The summed E-state index contributed by atoms with van der Waals surface area (Å²) in [5.41, 5.74) is 0.355. The van der Waals surface area contributed by atoms with Gasteiger partial charge in [0.15, 0.2) is 0 Å². The van der Waals surface area contributed by atoms with Gasteiger partial charge in [0.25, 0.3) is 5.91 Å². The van der Waals surface area contributed by atoms with Crippen LogP contribution in [0.5, 0.6) is 5.75 Å². The molecule has 100 valence electrons. The molecule has 0 bridgehead atoms. The van der Waals surface area contributed by atoms with Crippen molar-refractivity contribution in [3.63, 3.8) is 0 Å². The third-order valence-electron chi connectivity index (χ3n) is 2.84. The quantitative estimate of drug-likeness (QED) is 0.825. The fourth-order valence-corrected chi connectivity index (χ4v) is 2.33. The average Bonchev–Trinajstić information content (AvgIpc) is 2.31. The van der Waals surface area contributed by atoms with Crippen LogP contribution in [0.25, 0.3) is 0 Å². The summed E-state index contributed by atoms with van der Waals surface area (Å²) in [6, 6.07) is 5.20. The Balaban J connectivity index is 0.00000162. The molecule has 0 aromatic heterocycles. The average molecular weight is 336 g/mol. The summed E-state index contributed by atoms with van der Waals surface area (Å²) in [5, 5.41) is 13.0. The van der Waals surface area contributed by atoms with Crippen molar-refractivity contribution in [1.29, 1.82) is 0 Å². The molecule has 0 spiro atoms. The highest BCUT2D eigenvalue weighted by Crippen LogP contribution is 2.23. The minimum absolute atomic E-state index is 0. The van der Waals surface area contributed by atoms with Crippen LogP contribution in [0.4, 0.5) is 0 Å². The van der Waals surface area contributed by atoms with Crippen molar-refractivity contribution in [2.45, 2.75) is 13.0 Å². The minimum Gasteiger partial charge on any atom is -0.507 e. The monoisotopic (exact) mass is 334 g/mol. The molecule has 1 amide bonds. The van der Waals surface area contributed by atoms with Gasteiger partial charge in [-0.1, -0.05) is 15.9 Å². The SMILES string of the molecule is C[C@H]1CN(C(=O)c2cc(Br)ccc2O)CCN1.Cl. The van der Waals surface area contributed by atoms with Gasteiger partial charge in [-0.3, -0.25) is 4.79 Å². The maximum atomic E-state index is 12.2. The summed E-state index contributed by atoms with van der Waals surface area (Å²) < 4.78 is 0.793. The summed E-state index contributed by atoms with van der Waals surface area (Å²) in [7, 11) is 0. The van der Waals surface area contributed by atoms with Crippen LogP contribution in [0.15, 0.2) is 22.7 Å². The van der Waals surface area contributed by atoms with Crippen LogP contribution in [0.3, 0.4) is 0 Å². The van der Waals surface area contributed by atoms with Crippen LogP contribution in [-0.2, 0) is 0 Å². The number of halogens is 2. The van der Waals surface area contributed by atoms with Crippen LogP contribution in [0, 0.1) is 0 Å². The Bertz CT molecular complexity index is 442. The number of rotatable bonds is 1. The maximum Gasteiger partial charge on any atom is 0.257 e. The third-order valence-corrected chi connectivity index (χ3v) is 3.34. The number of carbonyl (C=O) groups excluding carboxylic acids is 1. The molecule has 1 aliphatic rings. The summed E-state index contributed by atoms with van der Waals surface area (Å²) >= 11 is 3.31. The molecule has 1 atom stereocenters. The second kappa shape index (κ2) is 6.41. The highest BCUT2D eigenvalue weighted by molar-refractivity contribution is 9.10. The zero-order valence-corrected chi connectivity index (χ0v) is 12.4. The lowest BCUT2D eigenvalue weighted by Gasteiger charge is -2.32. The zero-order chi connectivity index (χ0) is 12.4. The molecule has 0 aliphatic carbocycles. The lowest BCUT2D eigenvalue weighted by molar-refractivity contribution is 0.0706. The molecule has 2 N–H and O–H groups in total. The van der Waals surface area contributed by atoms with E-state index in [1.165, 1.54) is 6.07 Å². The van der Waals surface area contributed by atoms with Gasteiger partial charge >= 0.3 is 0 Å². The number of aromatic hydroxyl groups is 1. The van der Waals surface area contributed by atoms with E-state index in [-0.39, 0.29) is 24.1 Å². The van der Waals surface area contributed by atoms with Crippen molar-refractivity contribution in [2.75, 3.05) is 19.6 Å². The molecule has 1 aromatic carbocycles. The molecule has 4 nitrogen and oxygen atoms in total. The summed E-state index contributed by atoms with van der Waals surface area (Å²) in [6.07, 6.45) is 0. The molecule has 0 saturated carbocycles. The van der Waals surface area contributed by atoms with Gasteiger partial charge in [-0.05, 0) is 25.1 Å². The molecule has 6 heteroatoms. The first-order chi connectivity index (χ1) is 8.08. The van der Waals surface area contributed by atoms with Gasteiger partial charge < -0.3 is 15.3 Å². The number of carbonyl (C=O) groups is 1. The van der Waals surface area contributed by atoms with Crippen LogP contribution in [0.1, 0.15) is 17.3 Å². The standard InChI is InChI=1S/C12H15BrN2O2.ClH/c1-8-7-15(5-4-14-8)12(17)10-6-9(13)2-3-11(10)16;/h2-3,6,8,14,16H,4-5,7H2,1H3;1H/t8-;/m0./s1. The molecule has 1 fully saturated rings. The second-order valence-corrected chi connectivity index (χ2v) is 5.18. The van der Waals surface area contributed by atoms with Crippen molar-refractivity contribution in [3.8, 4) is 5.75 Å². The number of phenolic OH excluding ortho intramolecular Hbond substituents is 1. The lowest BCUT2D eigenvalue weighted by Crippen LogP contribution is -2.51. The summed E-state index contributed by atoms with van der Waals surface area (Å²) in [4.78, 5) is 14.0. The number of phenols is 1. The first-order valence-corrected chi connectivity index (χ1v) is 6.38. The Labute approximate surface area is 121 Å². The first-order valence-electron chi connectivity index (χ1n) is 5.59. The third kappa shape index (κ3) is 3.37.